The lowest BCUT2D eigenvalue weighted by Gasteiger charge is -2.18. The van der Waals surface area contributed by atoms with Crippen LogP contribution in [0, 0.1) is 6.92 Å². The van der Waals surface area contributed by atoms with E-state index in [0.29, 0.717) is 13.2 Å². The van der Waals surface area contributed by atoms with Gasteiger partial charge in [0.25, 0.3) is 0 Å². The Hall–Kier alpha value is -1.19. The number of hydrogen-bond acceptors (Lipinski definition) is 3. The maximum atomic E-state index is 12.0. The normalized spacial score (nSPS) is 10.8. The van der Waals surface area contributed by atoms with E-state index in [1.165, 1.54) is 0 Å². The van der Waals surface area contributed by atoms with E-state index in [1.54, 1.807) is 7.11 Å². The van der Waals surface area contributed by atoms with E-state index in [4.69, 9.17) is 4.74 Å². The van der Waals surface area contributed by atoms with Gasteiger partial charge in [0.2, 0.25) is 0 Å². The lowest BCUT2D eigenvalue weighted by atomic mass is 10.1. The monoisotopic (exact) mass is 235 g/mol. The number of benzene rings is 1. The van der Waals surface area contributed by atoms with Crippen LogP contribution in [0.1, 0.15) is 22.8 Å². The molecule has 0 aliphatic heterocycles. The van der Waals surface area contributed by atoms with Gasteiger partial charge in [0.05, 0.1) is 13.2 Å². The van der Waals surface area contributed by atoms with Gasteiger partial charge in [0, 0.05) is 19.2 Å². The molecule has 0 aliphatic rings. The first-order chi connectivity index (χ1) is 8.17. The van der Waals surface area contributed by atoms with Crippen LogP contribution < -0.4 is 0 Å². The van der Waals surface area contributed by atoms with Crippen molar-refractivity contribution in [3.05, 3.63) is 35.4 Å². The summed E-state index contributed by atoms with van der Waals surface area (Å²) in [5.74, 6) is 0.173. The van der Waals surface area contributed by atoms with Gasteiger partial charge in [-0.2, -0.15) is 0 Å². The molecule has 17 heavy (non-hydrogen) atoms. The average Bonchev–Trinajstić information content (AvgIpc) is 2.34. The predicted molar refractivity (Wildman–Crippen MR) is 69.5 cm³/mol. The molecule has 0 N–H and O–H groups in total. The Morgan fingerprint density at radius 3 is 2.76 bits per heavy atom. The third kappa shape index (κ3) is 4.67. The Kier molecular flexibility index (Phi) is 5.87. The molecule has 0 aromatic heterocycles. The molecule has 94 valence electrons. The van der Waals surface area contributed by atoms with Gasteiger partial charge in [0.1, 0.15) is 0 Å². The molecule has 1 aromatic carbocycles. The van der Waals surface area contributed by atoms with Crippen LogP contribution in [0.4, 0.5) is 0 Å². The van der Waals surface area contributed by atoms with E-state index >= 15 is 0 Å². The molecule has 0 unspecified atom stereocenters. The molecule has 0 aliphatic carbocycles. The van der Waals surface area contributed by atoms with E-state index < -0.39 is 0 Å². The van der Waals surface area contributed by atoms with Gasteiger partial charge in [-0.15, -0.1) is 0 Å². The Morgan fingerprint density at radius 1 is 1.41 bits per heavy atom. The number of Topliss-reactive ketones (excluding diaryl/α,β-unsaturated/α-hetero) is 1. The maximum absolute atomic E-state index is 12.0. The highest BCUT2D eigenvalue weighted by Crippen LogP contribution is 2.06. The number of hydrogen-bond donors (Lipinski definition) is 0. The fraction of sp³-hybridized carbons (Fsp3) is 0.500. The number of aryl methyl sites for hydroxylation is 1. The van der Waals surface area contributed by atoms with Crippen molar-refractivity contribution >= 4 is 5.78 Å². The van der Waals surface area contributed by atoms with Crippen molar-refractivity contribution in [2.45, 2.75) is 13.8 Å². The lowest BCUT2D eigenvalue weighted by Crippen LogP contribution is -2.32. The number of methoxy groups -OCH3 is 1. The van der Waals surface area contributed by atoms with Crippen molar-refractivity contribution in [1.82, 2.24) is 4.90 Å². The zero-order chi connectivity index (χ0) is 12.7. The van der Waals surface area contributed by atoms with Crippen molar-refractivity contribution in [2.75, 3.05) is 33.4 Å². The van der Waals surface area contributed by atoms with Crippen LogP contribution in [-0.4, -0.2) is 44.0 Å². The fourth-order valence-electron chi connectivity index (χ4n) is 1.68. The summed E-state index contributed by atoms with van der Waals surface area (Å²) < 4.78 is 5.03. The molecule has 0 radical (unpaired) electrons. The van der Waals surface area contributed by atoms with Crippen LogP contribution in [0.3, 0.4) is 0 Å². The van der Waals surface area contributed by atoms with Crippen molar-refractivity contribution in [3.8, 4) is 0 Å². The van der Waals surface area contributed by atoms with Crippen LogP contribution in [0.2, 0.25) is 0 Å². The quantitative estimate of drug-likeness (QED) is 0.678. The van der Waals surface area contributed by atoms with Gasteiger partial charge in [-0.25, -0.2) is 0 Å². The number of ether oxygens (including phenoxy) is 1. The highest BCUT2D eigenvalue weighted by Gasteiger charge is 2.10. The molecule has 1 aromatic rings. The first-order valence-corrected chi connectivity index (χ1v) is 5.98. The molecule has 0 saturated carbocycles. The number of carbonyl (C=O) groups is 1. The molecule has 0 spiro atoms. The average molecular weight is 235 g/mol. The minimum atomic E-state index is 0.173. The second kappa shape index (κ2) is 7.20. The van der Waals surface area contributed by atoms with Crippen LogP contribution >= 0.6 is 0 Å². The summed E-state index contributed by atoms with van der Waals surface area (Å²) in [5.41, 5.74) is 1.91. The number of ketones is 1. The molecule has 3 heteroatoms. The SMILES string of the molecule is CCN(CCOC)CC(=O)c1cccc(C)c1. The molecule has 0 amide bonds. The smallest absolute Gasteiger partial charge is 0.176 e. The topological polar surface area (TPSA) is 29.5 Å². The van der Waals surface area contributed by atoms with Crippen molar-refractivity contribution in [1.29, 1.82) is 0 Å². The Morgan fingerprint density at radius 2 is 2.18 bits per heavy atom. The number of rotatable bonds is 7. The molecule has 1 rings (SSSR count). The predicted octanol–water partition coefficient (Wildman–Crippen LogP) is 2.15. The highest BCUT2D eigenvalue weighted by atomic mass is 16.5. The minimum Gasteiger partial charge on any atom is -0.383 e. The summed E-state index contributed by atoms with van der Waals surface area (Å²) in [5, 5.41) is 0. The van der Waals surface area contributed by atoms with Crippen LogP contribution in [-0.2, 0) is 4.74 Å². The van der Waals surface area contributed by atoms with Gasteiger partial charge in [-0.3, -0.25) is 9.69 Å². The molecule has 0 bridgehead atoms. The zero-order valence-electron chi connectivity index (χ0n) is 10.9. The Balaban J connectivity index is 2.58. The molecule has 0 fully saturated rings. The van der Waals surface area contributed by atoms with Crippen LogP contribution in [0.5, 0.6) is 0 Å². The van der Waals surface area contributed by atoms with Crippen molar-refractivity contribution < 1.29 is 9.53 Å². The highest BCUT2D eigenvalue weighted by molar-refractivity contribution is 5.97. The number of nitrogens with zero attached hydrogens (tertiary/aromatic N) is 1. The summed E-state index contributed by atoms with van der Waals surface area (Å²) >= 11 is 0. The summed E-state index contributed by atoms with van der Waals surface area (Å²) in [6.07, 6.45) is 0. The third-order valence-electron chi connectivity index (χ3n) is 2.77. The largest absolute Gasteiger partial charge is 0.383 e. The molecule has 3 nitrogen and oxygen atoms in total. The molecular weight excluding hydrogens is 214 g/mol. The van der Waals surface area contributed by atoms with Crippen LogP contribution in [0.15, 0.2) is 24.3 Å². The number of likely N-dealkylation sites (N-methyl/N-ethyl adjacent to an activating group) is 1. The van der Waals surface area contributed by atoms with Gasteiger partial charge < -0.3 is 4.74 Å². The fourth-order valence-corrected chi connectivity index (χ4v) is 1.68. The van der Waals surface area contributed by atoms with E-state index in [9.17, 15) is 4.79 Å². The van der Waals surface area contributed by atoms with Crippen LogP contribution in [0.25, 0.3) is 0 Å². The van der Waals surface area contributed by atoms with Crippen molar-refractivity contribution in [2.24, 2.45) is 0 Å². The van der Waals surface area contributed by atoms with E-state index in [0.717, 1.165) is 24.2 Å². The zero-order valence-corrected chi connectivity index (χ0v) is 10.9. The minimum absolute atomic E-state index is 0.173. The van der Waals surface area contributed by atoms with Gasteiger partial charge >= 0.3 is 0 Å². The van der Waals surface area contributed by atoms with E-state index in [2.05, 4.69) is 11.8 Å². The lowest BCUT2D eigenvalue weighted by molar-refractivity contribution is 0.0902. The van der Waals surface area contributed by atoms with Gasteiger partial charge in [-0.1, -0.05) is 30.7 Å². The third-order valence-corrected chi connectivity index (χ3v) is 2.77. The Labute approximate surface area is 103 Å². The second-order valence-electron chi connectivity index (χ2n) is 4.15. The molecule has 0 heterocycles. The van der Waals surface area contributed by atoms with Gasteiger partial charge in [0.15, 0.2) is 5.78 Å². The summed E-state index contributed by atoms with van der Waals surface area (Å²) in [6, 6.07) is 7.74. The first-order valence-electron chi connectivity index (χ1n) is 5.98. The second-order valence-corrected chi connectivity index (χ2v) is 4.15. The van der Waals surface area contributed by atoms with Gasteiger partial charge in [-0.05, 0) is 19.5 Å². The first kappa shape index (κ1) is 13.9. The summed E-state index contributed by atoms with van der Waals surface area (Å²) in [7, 11) is 1.68. The number of carbonyl (C=O) groups excluding carboxylic acids is 1. The van der Waals surface area contributed by atoms with Crippen molar-refractivity contribution in [3.63, 3.8) is 0 Å². The summed E-state index contributed by atoms with van der Waals surface area (Å²) in [6.45, 7) is 6.84. The molecule has 0 saturated heterocycles. The maximum Gasteiger partial charge on any atom is 0.176 e. The molecular formula is C14H21NO2. The van der Waals surface area contributed by atoms with E-state index in [1.807, 2.05) is 31.2 Å². The Bertz CT molecular complexity index is 363. The molecule has 0 atom stereocenters. The van der Waals surface area contributed by atoms with E-state index in [-0.39, 0.29) is 5.78 Å². The summed E-state index contributed by atoms with van der Waals surface area (Å²) in [4.78, 5) is 14.1. The standard InChI is InChI=1S/C14H21NO2/c1-4-15(8-9-17-3)11-14(16)13-7-5-6-12(2)10-13/h5-7,10H,4,8-9,11H2,1-3H3.